The lowest BCUT2D eigenvalue weighted by molar-refractivity contribution is 0.199. The molecule has 0 aliphatic rings. The third-order valence-corrected chi connectivity index (χ3v) is 6.09. The Kier molecular flexibility index (Phi) is 9.69. The molecule has 0 aromatic heterocycles. The van der Waals surface area contributed by atoms with Gasteiger partial charge in [-0.1, -0.05) is 48.5 Å². The number of hydrogen-bond acceptors (Lipinski definition) is 6. The number of phenols is 1. The lowest BCUT2D eigenvalue weighted by Gasteiger charge is -2.08. The van der Waals surface area contributed by atoms with Crippen molar-refractivity contribution in [1.29, 1.82) is 0 Å². The van der Waals surface area contributed by atoms with E-state index >= 15 is 0 Å². The second-order valence-electron chi connectivity index (χ2n) is 6.15. The second-order valence-corrected chi connectivity index (χ2v) is 9.24. The van der Waals surface area contributed by atoms with Gasteiger partial charge in [0.25, 0.3) is 0 Å². The first-order valence-corrected chi connectivity index (χ1v) is 12.2. The van der Waals surface area contributed by atoms with Crippen molar-refractivity contribution >= 4 is 21.3 Å². The number of rotatable bonds is 8. The van der Waals surface area contributed by atoms with Gasteiger partial charge in [-0.25, -0.2) is 8.42 Å². The molecule has 160 valence electrons. The van der Waals surface area contributed by atoms with Gasteiger partial charge in [0.15, 0.2) is 4.90 Å². The summed E-state index contributed by atoms with van der Waals surface area (Å²) in [5.74, 6) is 1.99. The van der Waals surface area contributed by atoms with Crippen LogP contribution in [0.4, 0.5) is 0 Å². The Morgan fingerprint density at radius 1 is 0.867 bits per heavy atom. The highest BCUT2D eigenvalue weighted by Crippen LogP contribution is 2.19. The topological polar surface area (TPSA) is 95.9 Å². The molecule has 1 unspecified atom stereocenters. The van der Waals surface area contributed by atoms with Gasteiger partial charge in [0, 0.05) is 16.5 Å². The van der Waals surface area contributed by atoms with E-state index in [0.717, 1.165) is 5.75 Å². The molecule has 0 aliphatic carbocycles. The lowest BCUT2D eigenvalue weighted by atomic mass is 10.2. The first-order valence-electron chi connectivity index (χ1n) is 9.07. The molecule has 0 radical (unpaired) electrons. The minimum Gasteiger partial charge on any atom is -0.726 e. The molecule has 0 saturated heterocycles. The highest BCUT2D eigenvalue weighted by atomic mass is 32.3. The summed E-state index contributed by atoms with van der Waals surface area (Å²) in [6.07, 6.45) is 2.24. The molecule has 0 heterocycles. The van der Waals surface area contributed by atoms with Crippen LogP contribution in [0.3, 0.4) is 0 Å². The maximum absolute atomic E-state index is 10.0. The first kappa shape index (κ1) is 23.8. The van der Waals surface area contributed by atoms with Crippen molar-refractivity contribution in [2.45, 2.75) is 10.6 Å². The molecule has 0 aliphatic heterocycles. The molecule has 0 bridgehead atoms. The quantitative estimate of drug-likeness (QED) is 0.244. The van der Waals surface area contributed by atoms with Crippen LogP contribution in [0.2, 0.25) is 0 Å². The molecule has 0 spiro atoms. The van der Waals surface area contributed by atoms with Crippen molar-refractivity contribution in [2.24, 2.45) is 0 Å². The number of hydrogen-bond donors (Lipinski definition) is 1. The highest BCUT2D eigenvalue weighted by molar-refractivity contribution is 7.95. The molecule has 0 saturated carbocycles. The van der Waals surface area contributed by atoms with Crippen LogP contribution in [0, 0.1) is 0 Å². The van der Waals surface area contributed by atoms with Crippen molar-refractivity contribution in [3.8, 4) is 11.5 Å². The molecule has 3 aromatic rings. The van der Waals surface area contributed by atoms with Crippen molar-refractivity contribution in [1.82, 2.24) is 0 Å². The van der Waals surface area contributed by atoms with E-state index in [9.17, 15) is 18.1 Å². The monoisotopic (exact) mass is 448 g/mol. The molecule has 3 aromatic carbocycles. The highest BCUT2D eigenvalue weighted by Gasteiger charge is 2.15. The van der Waals surface area contributed by atoms with Gasteiger partial charge in [0.1, 0.15) is 30.1 Å². The summed E-state index contributed by atoms with van der Waals surface area (Å²) in [6.45, 7) is -0.258. The minimum absolute atomic E-state index is 0.0193. The Morgan fingerprint density at radius 3 is 2.00 bits per heavy atom. The van der Waals surface area contributed by atoms with Crippen molar-refractivity contribution < 1.29 is 27.0 Å². The summed E-state index contributed by atoms with van der Waals surface area (Å²) in [5.41, 5.74) is 1.36. The summed E-state index contributed by atoms with van der Waals surface area (Å²) in [7, 11) is -4.41. The molecular weight excluding hydrogens is 424 g/mol. The molecule has 6 nitrogen and oxygen atoms in total. The fourth-order valence-corrected chi connectivity index (χ4v) is 4.13. The van der Waals surface area contributed by atoms with E-state index in [1.807, 2.05) is 24.3 Å². The van der Waals surface area contributed by atoms with Crippen LogP contribution < -0.4 is 4.74 Å². The van der Waals surface area contributed by atoms with Crippen molar-refractivity contribution in [3.05, 3.63) is 90.5 Å². The zero-order valence-electron chi connectivity index (χ0n) is 16.5. The number of ether oxygens (including phenoxy) is 1. The van der Waals surface area contributed by atoms with Crippen molar-refractivity contribution in [3.63, 3.8) is 0 Å². The molecule has 1 N–H and O–H groups in total. The second kappa shape index (κ2) is 12.2. The van der Waals surface area contributed by atoms with Gasteiger partial charge >= 0.3 is 0 Å². The number of benzene rings is 3. The molecule has 1 atom stereocenters. The number of para-hydroxylation sites is 1. The summed E-state index contributed by atoms with van der Waals surface area (Å²) in [5, 5.41) is 9.23. The number of aromatic hydroxyl groups is 1. The van der Waals surface area contributed by atoms with Gasteiger partial charge in [-0.15, -0.1) is 0 Å². The molecule has 0 fully saturated rings. The molecule has 8 heteroatoms. The molecule has 3 rings (SSSR count). The Labute approximate surface area is 180 Å². The minimum atomic E-state index is -4.61. The molecule has 30 heavy (non-hydrogen) atoms. The maximum Gasteiger partial charge on any atom is 0.217 e. The standard InChI is InChI=1S/C14H14OS.C8H10O5S/c1-16(11-12-5-3-2-4-6-12)14-9-7-13(15)8-10-14;9-14(10,11)13-7-6-12-8-4-2-1-3-5-8/h2-10H,11H2,1H3;1-5H,6-7H2,(H,9,10,11). The SMILES string of the molecule is C[S+](Cc1ccccc1)c1ccc(O)cc1.O=S(=O)([O-])OCCOc1ccccc1. The van der Waals surface area contributed by atoms with Crippen LogP contribution in [0.1, 0.15) is 5.56 Å². The van der Waals surface area contributed by atoms with Crippen LogP contribution in [0.15, 0.2) is 89.8 Å². The van der Waals surface area contributed by atoms with E-state index in [1.165, 1.54) is 10.5 Å². The van der Waals surface area contributed by atoms with E-state index in [2.05, 4.69) is 34.7 Å². The molecule has 0 amide bonds. The average molecular weight is 449 g/mol. The van der Waals surface area contributed by atoms with E-state index in [0.29, 0.717) is 11.5 Å². The Morgan fingerprint density at radius 2 is 1.43 bits per heavy atom. The summed E-state index contributed by atoms with van der Waals surface area (Å²) in [6, 6.07) is 26.8. The smallest absolute Gasteiger partial charge is 0.217 e. The van der Waals surface area contributed by atoms with Crippen molar-refractivity contribution in [2.75, 3.05) is 19.5 Å². The Balaban J connectivity index is 0.000000216. The van der Waals surface area contributed by atoms with E-state index in [1.54, 1.807) is 36.4 Å². The van der Waals surface area contributed by atoms with Gasteiger partial charge in [-0.2, -0.15) is 0 Å². The molecular formula is C22H24O6S2. The largest absolute Gasteiger partial charge is 0.726 e. The Hall–Kier alpha value is -2.52. The zero-order chi connectivity index (χ0) is 21.8. The van der Waals surface area contributed by atoms with Gasteiger partial charge in [0.2, 0.25) is 10.4 Å². The first-order chi connectivity index (χ1) is 14.3. The average Bonchev–Trinajstić information content (AvgIpc) is 2.73. The Bertz CT molecular complexity index is 962. The van der Waals surface area contributed by atoms with Crippen LogP contribution in [0.25, 0.3) is 0 Å². The summed E-state index contributed by atoms with van der Waals surface area (Å²) in [4.78, 5) is 1.29. The van der Waals surface area contributed by atoms with E-state index in [4.69, 9.17) is 4.74 Å². The summed E-state index contributed by atoms with van der Waals surface area (Å²) >= 11 is 0. The van der Waals surface area contributed by atoms with Gasteiger partial charge < -0.3 is 14.4 Å². The number of phenolic OH excluding ortho intramolecular Hbond substituents is 1. The third kappa shape index (κ3) is 9.80. The van der Waals surface area contributed by atoms with Crippen LogP contribution in [-0.4, -0.2) is 37.5 Å². The fourth-order valence-electron chi connectivity index (χ4n) is 2.40. The van der Waals surface area contributed by atoms with Gasteiger partial charge in [-0.3, -0.25) is 4.18 Å². The third-order valence-electron chi connectivity index (χ3n) is 3.79. The summed E-state index contributed by atoms with van der Waals surface area (Å²) < 4.78 is 39.0. The van der Waals surface area contributed by atoms with Gasteiger partial charge in [0.05, 0.1) is 6.61 Å². The zero-order valence-corrected chi connectivity index (χ0v) is 18.1. The normalized spacial score (nSPS) is 11.8. The fraction of sp³-hybridized carbons (Fsp3) is 0.182. The van der Waals surface area contributed by atoms with Crippen LogP contribution >= 0.6 is 0 Å². The predicted molar refractivity (Wildman–Crippen MR) is 117 cm³/mol. The van der Waals surface area contributed by atoms with Crippen LogP contribution in [-0.2, 0) is 31.2 Å². The van der Waals surface area contributed by atoms with E-state index < -0.39 is 10.4 Å². The predicted octanol–water partition coefficient (Wildman–Crippen LogP) is 3.74. The lowest BCUT2D eigenvalue weighted by Crippen LogP contribution is -2.11. The van der Waals surface area contributed by atoms with E-state index in [-0.39, 0.29) is 24.1 Å². The van der Waals surface area contributed by atoms with Gasteiger partial charge in [-0.05, 0) is 36.4 Å². The maximum atomic E-state index is 10.0. The van der Waals surface area contributed by atoms with Crippen LogP contribution in [0.5, 0.6) is 11.5 Å².